The molecular formula is C21H31N5O4. The molecule has 1 aliphatic rings. The predicted octanol–water partition coefficient (Wildman–Crippen LogP) is 2.95. The van der Waals surface area contributed by atoms with Gasteiger partial charge in [0.2, 0.25) is 0 Å². The number of piperazine rings is 1. The third-order valence-corrected chi connectivity index (χ3v) is 4.79. The summed E-state index contributed by atoms with van der Waals surface area (Å²) in [5.74, 6) is -0.380. The number of hydrazone groups is 1. The van der Waals surface area contributed by atoms with Crippen molar-refractivity contribution in [2.24, 2.45) is 5.10 Å². The molecule has 0 aliphatic carbocycles. The minimum atomic E-state index is -0.628. The molecule has 1 aromatic rings. The monoisotopic (exact) mass is 417 g/mol. The van der Waals surface area contributed by atoms with E-state index in [0.29, 0.717) is 0 Å². The second-order valence-corrected chi connectivity index (χ2v) is 7.67. The molecule has 9 heteroatoms. The Morgan fingerprint density at radius 2 is 1.90 bits per heavy atom. The number of rotatable bonds is 10. The Labute approximate surface area is 177 Å². The van der Waals surface area contributed by atoms with E-state index in [1.165, 1.54) is 29.5 Å². The Bertz CT molecular complexity index is 800. The molecule has 0 bridgehead atoms. The Kier molecular flexibility index (Phi) is 9.43. The molecule has 0 aromatic carbocycles. The lowest BCUT2D eigenvalue weighted by atomic mass is 10.1. The van der Waals surface area contributed by atoms with Gasteiger partial charge in [-0.25, -0.2) is 5.43 Å². The molecule has 0 spiro atoms. The van der Waals surface area contributed by atoms with Gasteiger partial charge in [0.05, 0.1) is 18.8 Å². The van der Waals surface area contributed by atoms with Crippen LogP contribution in [0.25, 0.3) is 0 Å². The normalized spacial score (nSPS) is 16.0. The molecule has 164 valence electrons. The zero-order valence-corrected chi connectivity index (χ0v) is 18.0. The van der Waals surface area contributed by atoms with Crippen molar-refractivity contribution in [2.75, 3.05) is 39.3 Å². The summed E-state index contributed by atoms with van der Waals surface area (Å²) in [6.07, 6.45) is 8.00. The third kappa shape index (κ3) is 8.71. The standard InChI is InChI=1S/C21H31N5O4/c1-17(2)5-4-6-18(3)9-10-24-11-13-25(14-12-24)16-20(27)23-22-15-19-7-8-21(30-19)26(28)29/h5,7-9,15H,4,6,10-14,16H2,1-3H3,(H,23,27)/b18-9+,22-15+. The van der Waals surface area contributed by atoms with Crippen molar-refractivity contribution in [1.82, 2.24) is 15.2 Å². The predicted molar refractivity (Wildman–Crippen MR) is 116 cm³/mol. The van der Waals surface area contributed by atoms with E-state index in [1.807, 2.05) is 0 Å². The summed E-state index contributed by atoms with van der Waals surface area (Å²) >= 11 is 0. The average Bonchev–Trinajstić information content (AvgIpc) is 3.16. The smallest absolute Gasteiger partial charge is 0.400 e. The highest BCUT2D eigenvalue weighted by Gasteiger charge is 2.18. The van der Waals surface area contributed by atoms with Crippen LogP contribution in [-0.2, 0) is 4.79 Å². The number of allylic oxidation sites excluding steroid dienone is 3. The fourth-order valence-corrected chi connectivity index (χ4v) is 3.02. The maximum absolute atomic E-state index is 12.0. The molecule has 1 N–H and O–H groups in total. The quantitative estimate of drug-likeness (QED) is 0.272. The lowest BCUT2D eigenvalue weighted by molar-refractivity contribution is -0.402. The van der Waals surface area contributed by atoms with Crippen molar-refractivity contribution in [3.05, 3.63) is 51.3 Å². The minimum absolute atomic E-state index is 0.208. The number of furan rings is 1. The number of nitrogens with zero attached hydrogens (tertiary/aromatic N) is 4. The van der Waals surface area contributed by atoms with Gasteiger partial charge in [0.15, 0.2) is 5.76 Å². The number of carbonyl (C=O) groups is 1. The molecule has 0 unspecified atom stereocenters. The summed E-state index contributed by atoms with van der Waals surface area (Å²) in [5.41, 5.74) is 5.20. The van der Waals surface area contributed by atoms with Crippen molar-refractivity contribution in [3.63, 3.8) is 0 Å². The van der Waals surface area contributed by atoms with E-state index in [9.17, 15) is 14.9 Å². The van der Waals surface area contributed by atoms with Gasteiger partial charge in [0, 0.05) is 32.7 Å². The summed E-state index contributed by atoms with van der Waals surface area (Å²) in [6.45, 7) is 11.1. The van der Waals surface area contributed by atoms with Crippen LogP contribution in [0.4, 0.5) is 5.88 Å². The van der Waals surface area contributed by atoms with Gasteiger partial charge in [-0.05, 0) is 39.7 Å². The van der Waals surface area contributed by atoms with Crippen LogP contribution < -0.4 is 5.43 Å². The van der Waals surface area contributed by atoms with Gasteiger partial charge in [-0.1, -0.05) is 23.3 Å². The van der Waals surface area contributed by atoms with E-state index in [0.717, 1.165) is 45.6 Å². The SMILES string of the molecule is CC(C)=CCC/C(C)=C/CN1CCN(CC(=O)N/N=C/c2ccc([N+](=O)[O-])o2)CC1. The summed E-state index contributed by atoms with van der Waals surface area (Å²) in [5, 5.41) is 14.4. The second-order valence-electron chi connectivity index (χ2n) is 7.67. The van der Waals surface area contributed by atoms with Crippen molar-refractivity contribution in [3.8, 4) is 0 Å². The van der Waals surface area contributed by atoms with Gasteiger partial charge >= 0.3 is 5.88 Å². The van der Waals surface area contributed by atoms with Crippen molar-refractivity contribution in [1.29, 1.82) is 0 Å². The summed E-state index contributed by atoms with van der Waals surface area (Å²) < 4.78 is 4.94. The number of carbonyl (C=O) groups excluding carboxylic acids is 1. The highest BCUT2D eigenvalue weighted by molar-refractivity contribution is 5.81. The zero-order valence-electron chi connectivity index (χ0n) is 18.0. The van der Waals surface area contributed by atoms with Gasteiger partial charge in [-0.15, -0.1) is 0 Å². The minimum Gasteiger partial charge on any atom is -0.400 e. The lowest BCUT2D eigenvalue weighted by Crippen LogP contribution is -2.49. The van der Waals surface area contributed by atoms with E-state index in [1.54, 1.807) is 0 Å². The third-order valence-electron chi connectivity index (χ3n) is 4.79. The molecule has 1 fully saturated rings. The first-order chi connectivity index (χ1) is 14.3. The highest BCUT2D eigenvalue weighted by atomic mass is 16.6. The molecule has 1 aromatic heterocycles. The molecule has 0 atom stereocenters. The number of hydrogen-bond donors (Lipinski definition) is 1. The number of amides is 1. The fraction of sp³-hybridized carbons (Fsp3) is 0.524. The molecule has 0 radical (unpaired) electrons. The van der Waals surface area contributed by atoms with E-state index in [4.69, 9.17) is 4.42 Å². The molecule has 1 saturated heterocycles. The molecule has 1 aliphatic heterocycles. The molecule has 0 saturated carbocycles. The molecule has 2 heterocycles. The average molecular weight is 418 g/mol. The van der Waals surface area contributed by atoms with Crippen LogP contribution in [-0.4, -0.2) is 66.1 Å². The number of nitro groups is 1. The molecule has 2 rings (SSSR count). The zero-order chi connectivity index (χ0) is 21.9. The maximum atomic E-state index is 12.0. The summed E-state index contributed by atoms with van der Waals surface area (Å²) in [4.78, 5) is 26.4. The molecule has 9 nitrogen and oxygen atoms in total. The van der Waals surface area contributed by atoms with Gasteiger partial charge in [0.25, 0.3) is 5.91 Å². The van der Waals surface area contributed by atoms with Gasteiger partial charge < -0.3 is 4.42 Å². The van der Waals surface area contributed by atoms with Crippen molar-refractivity contribution in [2.45, 2.75) is 33.6 Å². The Balaban J connectivity index is 1.65. The Morgan fingerprint density at radius 1 is 1.20 bits per heavy atom. The van der Waals surface area contributed by atoms with Gasteiger partial charge in [0.1, 0.15) is 4.92 Å². The first-order valence-electron chi connectivity index (χ1n) is 10.1. The molecule has 30 heavy (non-hydrogen) atoms. The van der Waals surface area contributed by atoms with E-state index < -0.39 is 4.92 Å². The van der Waals surface area contributed by atoms with Gasteiger partial charge in [-0.3, -0.25) is 24.7 Å². The maximum Gasteiger partial charge on any atom is 0.433 e. The first-order valence-corrected chi connectivity index (χ1v) is 10.1. The first kappa shape index (κ1) is 23.5. The van der Waals surface area contributed by atoms with Gasteiger partial charge in [-0.2, -0.15) is 5.10 Å². The van der Waals surface area contributed by atoms with E-state index in [2.05, 4.69) is 53.3 Å². The highest BCUT2D eigenvalue weighted by Crippen LogP contribution is 2.13. The van der Waals surface area contributed by atoms with Crippen molar-refractivity contribution < 1.29 is 14.1 Å². The van der Waals surface area contributed by atoms with Crippen LogP contribution in [0.1, 0.15) is 39.4 Å². The topological polar surface area (TPSA) is 104 Å². The lowest BCUT2D eigenvalue weighted by Gasteiger charge is -2.33. The summed E-state index contributed by atoms with van der Waals surface area (Å²) in [7, 11) is 0. The van der Waals surface area contributed by atoms with E-state index in [-0.39, 0.29) is 24.1 Å². The van der Waals surface area contributed by atoms with Crippen LogP contribution >= 0.6 is 0 Å². The van der Waals surface area contributed by atoms with E-state index >= 15 is 0 Å². The Morgan fingerprint density at radius 3 is 2.53 bits per heavy atom. The number of hydrogen-bond acceptors (Lipinski definition) is 7. The largest absolute Gasteiger partial charge is 0.433 e. The van der Waals surface area contributed by atoms with Crippen LogP contribution in [0.3, 0.4) is 0 Å². The van der Waals surface area contributed by atoms with Crippen molar-refractivity contribution >= 4 is 18.0 Å². The van der Waals surface area contributed by atoms with Crippen LogP contribution in [0.2, 0.25) is 0 Å². The molecule has 1 amide bonds. The van der Waals surface area contributed by atoms with Crippen LogP contribution in [0, 0.1) is 10.1 Å². The molecular weight excluding hydrogens is 386 g/mol. The second kappa shape index (κ2) is 12.0. The van der Waals surface area contributed by atoms with Crippen LogP contribution in [0.5, 0.6) is 0 Å². The Hall–Kier alpha value is -2.78. The fourth-order valence-electron chi connectivity index (χ4n) is 3.02. The summed E-state index contributed by atoms with van der Waals surface area (Å²) in [6, 6.07) is 2.66. The number of nitrogens with one attached hydrogen (secondary N) is 1. The van der Waals surface area contributed by atoms with Crippen LogP contribution in [0.15, 0.2) is 44.9 Å².